The molecule has 2 aliphatic heterocycles. The summed E-state index contributed by atoms with van der Waals surface area (Å²) in [5.41, 5.74) is 7.59. The van der Waals surface area contributed by atoms with E-state index in [2.05, 4.69) is 34.8 Å². The van der Waals surface area contributed by atoms with Crippen molar-refractivity contribution in [2.24, 2.45) is 11.8 Å². The summed E-state index contributed by atoms with van der Waals surface area (Å²) < 4.78 is 0. The lowest BCUT2D eigenvalue weighted by Crippen LogP contribution is -2.43. The van der Waals surface area contributed by atoms with Crippen molar-refractivity contribution < 1.29 is 4.79 Å². The van der Waals surface area contributed by atoms with Crippen LogP contribution in [0.5, 0.6) is 0 Å². The fraction of sp³-hybridized carbons (Fsp3) is 0.562. The Morgan fingerprint density at radius 3 is 2.60 bits per heavy atom. The number of benzene rings is 1. The third-order valence-electron chi connectivity index (χ3n) is 4.55. The van der Waals surface area contributed by atoms with Gasteiger partial charge in [0, 0.05) is 19.6 Å². The van der Waals surface area contributed by atoms with Gasteiger partial charge < -0.3 is 4.90 Å². The lowest BCUT2D eigenvalue weighted by atomic mass is 9.92. The number of rotatable bonds is 2. The van der Waals surface area contributed by atoms with E-state index in [1.165, 1.54) is 5.56 Å². The van der Waals surface area contributed by atoms with E-state index < -0.39 is 0 Å². The van der Waals surface area contributed by atoms with Crippen molar-refractivity contribution >= 4 is 5.91 Å². The number of hydrogen-bond donors (Lipinski definition) is 2. The van der Waals surface area contributed by atoms with Gasteiger partial charge in [0.1, 0.15) is 0 Å². The van der Waals surface area contributed by atoms with Crippen LogP contribution >= 0.6 is 0 Å². The summed E-state index contributed by atoms with van der Waals surface area (Å²) in [6.45, 7) is 4.81. The molecule has 108 valence electrons. The van der Waals surface area contributed by atoms with Crippen molar-refractivity contribution in [3.8, 4) is 0 Å². The van der Waals surface area contributed by atoms with Gasteiger partial charge in [-0.2, -0.15) is 0 Å². The molecule has 4 nitrogen and oxygen atoms in total. The molecule has 3 rings (SSSR count). The Labute approximate surface area is 120 Å². The first kappa shape index (κ1) is 13.6. The summed E-state index contributed by atoms with van der Waals surface area (Å²) in [6, 6.07) is 10.3. The van der Waals surface area contributed by atoms with Gasteiger partial charge >= 0.3 is 0 Å². The van der Waals surface area contributed by atoms with Crippen molar-refractivity contribution in [3.05, 3.63) is 35.9 Å². The highest BCUT2D eigenvalue weighted by atomic mass is 16.2. The lowest BCUT2D eigenvalue weighted by molar-refractivity contribution is -0.136. The van der Waals surface area contributed by atoms with Gasteiger partial charge in [-0.05, 0) is 24.3 Å². The van der Waals surface area contributed by atoms with E-state index in [4.69, 9.17) is 0 Å². The van der Waals surface area contributed by atoms with Crippen LogP contribution < -0.4 is 10.9 Å². The first-order valence-electron chi connectivity index (χ1n) is 7.58. The van der Waals surface area contributed by atoms with E-state index in [-0.39, 0.29) is 12.0 Å². The van der Waals surface area contributed by atoms with Gasteiger partial charge in [0.2, 0.25) is 5.91 Å². The number of nitrogens with one attached hydrogen (secondary N) is 2. The summed E-state index contributed by atoms with van der Waals surface area (Å²) in [7, 11) is 0. The number of likely N-dealkylation sites (tertiary alicyclic amines) is 1. The minimum absolute atomic E-state index is 0.00538. The molecule has 0 saturated carbocycles. The molecule has 1 aromatic carbocycles. The highest BCUT2D eigenvalue weighted by Gasteiger charge is 2.37. The van der Waals surface area contributed by atoms with Gasteiger partial charge in [0.25, 0.3) is 0 Å². The van der Waals surface area contributed by atoms with Crippen LogP contribution in [0.15, 0.2) is 30.3 Å². The monoisotopic (exact) mass is 273 g/mol. The molecule has 0 spiro atoms. The van der Waals surface area contributed by atoms with Crippen molar-refractivity contribution in [1.82, 2.24) is 15.8 Å². The minimum atomic E-state index is 0.00538. The van der Waals surface area contributed by atoms with Gasteiger partial charge in [-0.1, -0.05) is 37.3 Å². The van der Waals surface area contributed by atoms with E-state index in [1.807, 2.05) is 18.2 Å². The minimum Gasteiger partial charge on any atom is -0.342 e. The molecule has 1 amide bonds. The topological polar surface area (TPSA) is 44.4 Å². The first-order valence-corrected chi connectivity index (χ1v) is 7.58. The number of carbonyl (C=O) groups is 1. The Morgan fingerprint density at radius 1 is 1.20 bits per heavy atom. The molecule has 2 unspecified atom stereocenters. The SMILES string of the molecule is CC1CCN(C(=O)C2CNNC2c2ccccc2)CC1. The fourth-order valence-corrected chi connectivity index (χ4v) is 3.17. The van der Waals surface area contributed by atoms with Crippen molar-refractivity contribution in [2.45, 2.75) is 25.8 Å². The molecule has 2 aliphatic rings. The molecule has 0 aliphatic carbocycles. The van der Waals surface area contributed by atoms with E-state index in [1.54, 1.807) is 0 Å². The van der Waals surface area contributed by atoms with Gasteiger partial charge in [0.15, 0.2) is 0 Å². The third kappa shape index (κ3) is 2.72. The summed E-state index contributed by atoms with van der Waals surface area (Å²) in [5.74, 6) is 1.05. The molecule has 2 fully saturated rings. The molecule has 20 heavy (non-hydrogen) atoms. The zero-order valence-electron chi connectivity index (χ0n) is 12.0. The van der Waals surface area contributed by atoms with Gasteiger partial charge in [0.05, 0.1) is 12.0 Å². The highest BCUT2D eigenvalue weighted by Crippen LogP contribution is 2.28. The Kier molecular flexibility index (Phi) is 4.03. The number of amides is 1. The molecule has 0 aromatic heterocycles. The van der Waals surface area contributed by atoms with E-state index in [9.17, 15) is 4.79 Å². The zero-order valence-corrected chi connectivity index (χ0v) is 12.0. The average molecular weight is 273 g/mol. The summed E-state index contributed by atoms with van der Waals surface area (Å²) >= 11 is 0. The molecule has 2 saturated heterocycles. The maximum absolute atomic E-state index is 12.7. The lowest BCUT2D eigenvalue weighted by Gasteiger charge is -2.33. The zero-order chi connectivity index (χ0) is 13.9. The molecule has 1 aromatic rings. The quantitative estimate of drug-likeness (QED) is 0.862. The van der Waals surface area contributed by atoms with Crippen LogP contribution in [0.1, 0.15) is 31.4 Å². The van der Waals surface area contributed by atoms with Crippen LogP contribution in [0.4, 0.5) is 0 Å². The van der Waals surface area contributed by atoms with Crippen molar-refractivity contribution in [1.29, 1.82) is 0 Å². The second kappa shape index (κ2) is 5.94. The summed E-state index contributed by atoms with van der Waals surface area (Å²) in [4.78, 5) is 14.8. The van der Waals surface area contributed by atoms with E-state index in [0.29, 0.717) is 12.5 Å². The number of hydrazine groups is 1. The summed E-state index contributed by atoms with van der Waals surface area (Å²) in [5, 5.41) is 0. The smallest absolute Gasteiger partial charge is 0.229 e. The molecule has 0 radical (unpaired) electrons. The Morgan fingerprint density at radius 2 is 1.90 bits per heavy atom. The van der Waals surface area contributed by atoms with Gasteiger partial charge in [-0.15, -0.1) is 0 Å². The molecular weight excluding hydrogens is 250 g/mol. The predicted octanol–water partition coefficient (Wildman–Crippen LogP) is 1.71. The normalized spacial score (nSPS) is 27.8. The molecule has 0 bridgehead atoms. The standard InChI is InChI=1S/C16H23N3O/c1-12-7-9-19(10-8-12)16(20)14-11-17-18-15(14)13-5-3-2-4-6-13/h2-6,12,14-15,17-18H,7-11H2,1H3. The van der Waals surface area contributed by atoms with Crippen molar-refractivity contribution in [3.63, 3.8) is 0 Å². The average Bonchev–Trinajstić information content (AvgIpc) is 2.97. The second-order valence-electron chi connectivity index (χ2n) is 6.03. The van der Waals surface area contributed by atoms with Crippen LogP contribution in [0, 0.1) is 11.8 Å². The molecular formula is C16H23N3O. The van der Waals surface area contributed by atoms with Crippen LogP contribution in [-0.2, 0) is 4.79 Å². The fourth-order valence-electron chi connectivity index (χ4n) is 3.17. The summed E-state index contributed by atoms with van der Waals surface area (Å²) in [6.07, 6.45) is 2.27. The van der Waals surface area contributed by atoms with E-state index in [0.717, 1.165) is 31.8 Å². The Bertz CT molecular complexity index is 454. The second-order valence-corrected chi connectivity index (χ2v) is 6.03. The highest BCUT2D eigenvalue weighted by molar-refractivity contribution is 5.80. The van der Waals surface area contributed by atoms with Crippen LogP contribution in [0.25, 0.3) is 0 Å². The number of carbonyl (C=O) groups excluding carboxylic acids is 1. The Balaban J connectivity index is 1.70. The molecule has 2 atom stereocenters. The number of nitrogens with zero attached hydrogens (tertiary/aromatic N) is 1. The van der Waals surface area contributed by atoms with Crippen LogP contribution in [0.2, 0.25) is 0 Å². The molecule has 4 heteroatoms. The molecule has 2 N–H and O–H groups in total. The van der Waals surface area contributed by atoms with Crippen molar-refractivity contribution in [2.75, 3.05) is 19.6 Å². The van der Waals surface area contributed by atoms with Crippen LogP contribution in [-0.4, -0.2) is 30.4 Å². The van der Waals surface area contributed by atoms with Crippen LogP contribution in [0.3, 0.4) is 0 Å². The largest absolute Gasteiger partial charge is 0.342 e. The maximum atomic E-state index is 12.7. The first-order chi connectivity index (χ1) is 9.75. The van der Waals surface area contributed by atoms with Gasteiger partial charge in [-0.25, -0.2) is 5.43 Å². The Hall–Kier alpha value is -1.39. The maximum Gasteiger partial charge on any atom is 0.229 e. The predicted molar refractivity (Wildman–Crippen MR) is 78.8 cm³/mol. The van der Waals surface area contributed by atoms with Gasteiger partial charge in [-0.3, -0.25) is 10.2 Å². The number of piperidine rings is 1. The number of hydrogen-bond acceptors (Lipinski definition) is 3. The third-order valence-corrected chi connectivity index (χ3v) is 4.55. The van der Waals surface area contributed by atoms with E-state index >= 15 is 0 Å². The molecule has 2 heterocycles.